The molecule has 1 aromatic carbocycles. The van der Waals surface area contributed by atoms with Gasteiger partial charge in [-0.2, -0.15) is 0 Å². The van der Waals surface area contributed by atoms with E-state index >= 15 is 0 Å². The Balaban J connectivity index is 2.31. The first kappa shape index (κ1) is 12.9. The highest BCUT2D eigenvalue weighted by atomic mass is 32.1. The molecule has 0 bridgehead atoms. The quantitative estimate of drug-likeness (QED) is 0.822. The monoisotopic (exact) mass is 263 g/mol. The number of hydrogen-bond acceptors (Lipinski definition) is 4. The number of ether oxygens (including phenoxy) is 2. The number of nitrogens with zero attached hydrogens (tertiary/aromatic N) is 1. The van der Waals surface area contributed by atoms with E-state index in [-0.39, 0.29) is 0 Å². The SMILES string of the molecule is CCCc1csc(-c2ccc(OC)c(OC)c2)n1. The second-order valence-corrected chi connectivity index (χ2v) is 4.82. The molecular formula is C14H17NO2S. The molecule has 0 radical (unpaired) electrons. The average molecular weight is 263 g/mol. The maximum Gasteiger partial charge on any atom is 0.161 e. The molecular weight excluding hydrogens is 246 g/mol. The topological polar surface area (TPSA) is 31.4 Å². The summed E-state index contributed by atoms with van der Waals surface area (Å²) in [5, 5.41) is 3.15. The van der Waals surface area contributed by atoms with Crippen LogP contribution in [-0.4, -0.2) is 19.2 Å². The van der Waals surface area contributed by atoms with Gasteiger partial charge in [0, 0.05) is 10.9 Å². The van der Waals surface area contributed by atoms with E-state index in [2.05, 4.69) is 17.3 Å². The molecule has 0 unspecified atom stereocenters. The van der Waals surface area contributed by atoms with Crippen molar-refractivity contribution in [2.24, 2.45) is 0 Å². The Labute approximate surface area is 111 Å². The van der Waals surface area contributed by atoms with Gasteiger partial charge in [-0.05, 0) is 24.6 Å². The number of methoxy groups -OCH3 is 2. The molecule has 0 atom stereocenters. The zero-order valence-corrected chi connectivity index (χ0v) is 11.7. The molecule has 1 heterocycles. The molecule has 2 aromatic rings. The molecule has 0 N–H and O–H groups in total. The van der Waals surface area contributed by atoms with Crippen LogP contribution in [0.25, 0.3) is 10.6 Å². The van der Waals surface area contributed by atoms with Gasteiger partial charge in [-0.25, -0.2) is 4.98 Å². The third-order valence-electron chi connectivity index (χ3n) is 2.69. The van der Waals surface area contributed by atoms with Crippen LogP contribution in [0.1, 0.15) is 19.0 Å². The molecule has 96 valence electrons. The normalized spacial score (nSPS) is 10.4. The highest BCUT2D eigenvalue weighted by Gasteiger charge is 2.09. The Hall–Kier alpha value is -1.55. The van der Waals surface area contributed by atoms with Crippen LogP contribution in [0.15, 0.2) is 23.6 Å². The van der Waals surface area contributed by atoms with Crippen LogP contribution in [0.4, 0.5) is 0 Å². The number of hydrogen-bond donors (Lipinski definition) is 0. The lowest BCUT2D eigenvalue weighted by Crippen LogP contribution is -1.91. The fourth-order valence-electron chi connectivity index (χ4n) is 1.78. The van der Waals surface area contributed by atoms with E-state index in [1.165, 1.54) is 0 Å². The Morgan fingerprint density at radius 3 is 2.61 bits per heavy atom. The Kier molecular flexibility index (Phi) is 4.20. The number of aryl methyl sites for hydroxylation is 1. The minimum absolute atomic E-state index is 0.738. The van der Waals surface area contributed by atoms with Crippen molar-refractivity contribution >= 4 is 11.3 Å². The molecule has 2 rings (SSSR count). The molecule has 0 spiro atoms. The minimum Gasteiger partial charge on any atom is -0.493 e. The first-order valence-corrected chi connectivity index (χ1v) is 6.83. The summed E-state index contributed by atoms with van der Waals surface area (Å²) in [6, 6.07) is 5.89. The lowest BCUT2D eigenvalue weighted by Gasteiger charge is -2.08. The zero-order valence-electron chi connectivity index (χ0n) is 10.9. The summed E-state index contributed by atoms with van der Waals surface area (Å²) in [6.45, 7) is 2.16. The van der Waals surface area contributed by atoms with E-state index in [9.17, 15) is 0 Å². The summed E-state index contributed by atoms with van der Waals surface area (Å²) < 4.78 is 10.5. The van der Waals surface area contributed by atoms with Crippen LogP contribution in [0.5, 0.6) is 11.5 Å². The fourth-order valence-corrected chi connectivity index (χ4v) is 2.63. The van der Waals surface area contributed by atoms with Gasteiger partial charge in [-0.15, -0.1) is 11.3 Å². The molecule has 0 fully saturated rings. The number of aromatic nitrogens is 1. The van der Waals surface area contributed by atoms with Crippen molar-refractivity contribution in [3.8, 4) is 22.1 Å². The summed E-state index contributed by atoms with van der Waals surface area (Å²) in [5.74, 6) is 1.48. The standard InChI is InChI=1S/C14H17NO2S/c1-4-5-11-9-18-14(15-11)10-6-7-12(16-2)13(8-10)17-3/h6-9H,4-5H2,1-3H3. The number of thiazole rings is 1. The third-order valence-corrected chi connectivity index (χ3v) is 3.63. The highest BCUT2D eigenvalue weighted by Crippen LogP contribution is 2.33. The molecule has 18 heavy (non-hydrogen) atoms. The maximum atomic E-state index is 5.30. The predicted molar refractivity (Wildman–Crippen MR) is 74.6 cm³/mol. The lowest BCUT2D eigenvalue weighted by atomic mass is 10.2. The summed E-state index contributed by atoms with van der Waals surface area (Å²) >= 11 is 1.67. The van der Waals surface area contributed by atoms with E-state index in [1.54, 1.807) is 25.6 Å². The average Bonchev–Trinajstić information content (AvgIpc) is 2.87. The zero-order chi connectivity index (χ0) is 13.0. The molecule has 0 aliphatic heterocycles. The van der Waals surface area contributed by atoms with Gasteiger partial charge in [0.05, 0.1) is 19.9 Å². The Morgan fingerprint density at radius 2 is 1.94 bits per heavy atom. The Morgan fingerprint density at radius 1 is 1.17 bits per heavy atom. The first-order valence-electron chi connectivity index (χ1n) is 5.95. The molecule has 0 aliphatic rings. The van der Waals surface area contributed by atoms with Gasteiger partial charge in [0.25, 0.3) is 0 Å². The minimum atomic E-state index is 0.738. The molecule has 3 nitrogen and oxygen atoms in total. The van der Waals surface area contributed by atoms with Gasteiger partial charge in [0.1, 0.15) is 5.01 Å². The van der Waals surface area contributed by atoms with Crippen LogP contribution in [0, 0.1) is 0 Å². The van der Waals surface area contributed by atoms with Crippen molar-refractivity contribution in [1.82, 2.24) is 4.98 Å². The van der Waals surface area contributed by atoms with E-state index in [4.69, 9.17) is 9.47 Å². The highest BCUT2D eigenvalue weighted by molar-refractivity contribution is 7.13. The lowest BCUT2D eigenvalue weighted by molar-refractivity contribution is 0.355. The van der Waals surface area contributed by atoms with Gasteiger partial charge in [-0.3, -0.25) is 0 Å². The second-order valence-electron chi connectivity index (χ2n) is 3.96. The van der Waals surface area contributed by atoms with Crippen molar-refractivity contribution in [3.63, 3.8) is 0 Å². The van der Waals surface area contributed by atoms with Crippen molar-refractivity contribution in [2.45, 2.75) is 19.8 Å². The van der Waals surface area contributed by atoms with Crippen LogP contribution in [-0.2, 0) is 6.42 Å². The van der Waals surface area contributed by atoms with E-state index in [1.807, 2.05) is 18.2 Å². The maximum absolute atomic E-state index is 5.30. The third kappa shape index (κ3) is 2.64. The van der Waals surface area contributed by atoms with E-state index < -0.39 is 0 Å². The van der Waals surface area contributed by atoms with Crippen LogP contribution in [0.2, 0.25) is 0 Å². The number of benzene rings is 1. The van der Waals surface area contributed by atoms with Gasteiger partial charge in [0.2, 0.25) is 0 Å². The van der Waals surface area contributed by atoms with E-state index in [0.717, 1.165) is 40.6 Å². The summed E-state index contributed by atoms with van der Waals surface area (Å²) in [5.41, 5.74) is 2.23. The molecule has 0 saturated carbocycles. The molecule has 1 aromatic heterocycles. The largest absolute Gasteiger partial charge is 0.493 e. The van der Waals surface area contributed by atoms with Crippen molar-refractivity contribution < 1.29 is 9.47 Å². The van der Waals surface area contributed by atoms with Crippen molar-refractivity contribution in [3.05, 3.63) is 29.3 Å². The summed E-state index contributed by atoms with van der Waals surface area (Å²) in [7, 11) is 3.28. The molecule has 0 amide bonds. The predicted octanol–water partition coefficient (Wildman–Crippen LogP) is 3.78. The van der Waals surface area contributed by atoms with Crippen molar-refractivity contribution in [1.29, 1.82) is 0 Å². The summed E-state index contributed by atoms with van der Waals surface area (Å²) in [4.78, 5) is 4.62. The van der Waals surface area contributed by atoms with Crippen LogP contribution in [0.3, 0.4) is 0 Å². The van der Waals surface area contributed by atoms with Crippen LogP contribution < -0.4 is 9.47 Å². The van der Waals surface area contributed by atoms with Gasteiger partial charge in [-0.1, -0.05) is 13.3 Å². The first-order chi connectivity index (χ1) is 8.78. The van der Waals surface area contributed by atoms with Crippen molar-refractivity contribution in [2.75, 3.05) is 14.2 Å². The Bertz CT molecular complexity index is 522. The van der Waals surface area contributed by atoms with Gasteiger partial charge >= 0.3 is 0 Å². The van der Waals surface area contributed by atoms with Crippen LogP contribution >= 0.6 is 11.3 Å². The molecule has 0 aliphatic carbocycles. The molecule has 4 heteroatoms. The van der Waals surface area contributed by atoms with Gasteiger partial charge < -0.3 is 9.47 Å². The van der Waals surface area contributed by atoms with E-state index in [0.29, 0.717) is 0 Å². The number of rotatable bonds is 5. The fraction of sp³-hybridized carbons (Fsp3) is 0.357. The summed E-state index contributed by atoms with van der Waals surface area (Å²) in [6.07, 6.45) is 2.15. The molecule has 0 saturated heterocycles. The smallest absolute Gasteiger partial charge is 0.161 e. The second kappa shape index (κ2) is 5.87. The van der Waals surface area contributed by atoms with Gasteiger partial charge in [0.15, 0.2) is 11.5 Å².